The summed E-state index contributed by atoms with van der Waals surface area (Å²) >= 11 is 6.85. The van der Waals surface area contributed by atoms with Gasteiger partial charge in [-0.2, -0.15) is 4.98 Å². The smallest absolute Gasteiger partial charge is 0.221 e. The zero-order chi connectivity index (χ0) is 11.5. The molecule has 0 aliphatic rings. The van der Waals surface area contributed by atoms with Crippen LogP contribution in [0.3, 0.4) is 0 Å². The zero-order valence-electron chi connectivity index (χ0n) is 8.11. The van der Waals surface area contributed by atoms with Gasteiger partial charge in [-0.3, -0.25) is 0 Å². The van der Waals surface area contributed by atoms with E-state index in [9.17, 15) is 0 Å². The Balaban J connectivity index is 2.30. The Hall–Kier alpha value is -1.14. The fraction of sp³-hybridized carbons (Fsp3) is 0. The normalized spacial score (nSPS) is 10.1. The molecular weight excluding hydrogens is 336 g/mol. The van der Waals surface area contributed by atoms with Crippen LogP contribution in [0.1, 0.15) is 0 Å². The minimum atomic E-state index is 0.246. The van der Waals surface area contributed by atoms with Gasteiger partial charge in [-0.15, -0.1) is 0 Å². The molecule has 0 spiro atoms. The maximum absolute atomic E-state index is 5.50. The molecule has 0 atom stereocenters. The van der Waals surface area contributed by atoms with Gasteiger partial charge in [0.25, 0.3) is 0 Å². The third kappa shape index (κ3) is 2.70. The molecule has 0 saturated carbocycles. The number of anilines is 3. The van der Waals surface area contributed by atoms with E-state index in [4.69, 9.17) is 5.73 Å². The third-order valence-corrected chi connectivity index (χ3v) is 3.05. The summed E-state index contributed by atoms with van der Waals surface area (Å²) in [7, 11) is 0. The Morgan fingerprint density at radius 2 is 2.00 bits per heavy atom. The maximum Gasteiger partial charge on any atom is 0.221 e. The van der Waals surface area contributed by atoms with Crippen molar-refractivity contribution in [1.29, 1.82) is 0 Å². The van der Waals surface area contributed by atoms with Crippen molar-refractivity contribution in [2.75, 3.05) is 11.1 Å². The molecule has 0 fully saturated rings. The van der Waals surface area contributed by atoms with Gasteiger partial charge in [0.1, 0.15) is 5.82 Å². The van der Waals surface area contributed by atoms with Crippen molar-refractivity contribution in [3.05, 3.63) is 39.4 Å². The molecule has 0 bridgehead atoms. The molecular formula is C10H8Br2N4. The van der Waals surface area contributed by atoms with Crippen LogP contribution in [0.25, 0.3) is 0 Å². The number of nitrogens with two attached hydrogens (primary N) is 1. The molecule has 0 radical (unpaired) electrons. The van der Waals surface area contributed by atoms with Gasteiger partial charge in [-0.25, -0.2) is 4.98 Å². The fourth-order valence-electron chi connectivity index (χ4n) is 1.17. The highest BCUT2D eigenvalue weighted by atomic mass is 79.9. The van der Waals surface area contributed by atoms with Crippen LogP contribution in [-0.2, 0) is 0 Å². The number of nitrogens with one attached hydrogen (secondary N) is 1. The lowest BCUT2D eigenvalue weighted by molar-refractivity contribution is 1.18. The lowest BCUT2D eigenvalue weighted by Crippen LogP contribution is -1.99. The third-order valence-electron chi connectivity index (χ3n) is 1.87. The lowest BCUT2D eigenvalue weighted by Gasteiger charge is -2.08. The van der Waals surface area contributed by atoms with Gasteiger partial charge in [0, 0.05) is 15.1 Å². The zero-order valence-corrected chi connectivity index (χ0v) is 11.3. The molecule has 1 aromatic heterocycles. The first-order valence-corrected chi connectivity index (χ1v) is 6.04. The molecule has 1 aromatic carbocycles. The van der Waals surface area contributed by atoms with Crippen LogP contribution in [0.4, 0.5) is 17.5 Å². The first-order valence-electron chi connectivity index (χ1n) is 4.46. The Morgan fingerprint density at radius 1 is 1.19 bits per heavy atom. The van der Waals surface area contributed by atoms with Gasteiger partial charge in [-0.05, 0) is 40.2 Å². The molecule has 4 nitrogen and oxygen atoms in total. The van der Waals surface area contributed by atoms with Gasteiger partial charge >= 0.3 is 0 Å². The van der Waals surface area contributed by atoms with E-state index in [0.29, 0.717) is 5.82 Å². The molecule has 0 unspecified atom stereocenters. The second-order valence-electron chi connectivity index (χ2n) is 3.05. The molecule has 16 heavy (non-hydrogen) atoms. The monoisotopic (exact) mass is 342 g/mol. The van der Waals surface area contributed by atoms with E-state index < -0.39 is 0 Å². The van der Waals surface area contributed by atoms with Gasteiger partial charge < -0.3 is 11.1 Å². The topological polar surface area (TPSA) is 63.8 Å². The summed E-state index contributed by atoms with van der Waals surface area (Å²) < 4.78 is 1.94. The van der Waals surface area contributed by atoms with Crippen molar-refractivity contribution in [2.45, 2.75) is 0 Å². The molecule has 2 aromatic rings. The van der Waals surface area contributed by atoms with Gasteiger partial charge in [-0.1, -0.05) is 15.9 Å². The van der Waals surface area contributed by atoms with E-state index in [1.165, 1.54) is 0 Å². The van der Waals surface area contributed by atoms with Crippen molar-refractivity contribution in [1.82, 2.24) is 9.97 Å². The molecule has 6 heteroatoms. The predicted octanol–water partition coefficient (Wildman–Crippen LogP) is 3.33. The number of benzene rings is 1. The number of rotatable bonds is 2. The predicted molar refractivity (Wildman–Crippen MR) is 71.6 cm³/mol. The van der Waals surface area contributed by atoms with Crippen LogP contribution in [0.5, 0.6) is 0 Å². The van der Waals surface area contributed by atoms with E-state index in [0.717, 1.165) is 14.6 Å². The molecule has 0 aliphatic carbocycles. The molecule has 2 rings (SSSR count). The highest BCUT2D eigenvalue weighted by Gasteiger charge is 2.02. The molecule has 0 saturated heterocycles. The van der Waals surface area contributed by atoms with Gasteiger partial charge in [0.05, 0.1) is 5.69 Å². The Morgan fingerprint density at radius 3 is 2.75 bits per heavy atom. The van der Waals surface area contributed by atoms with E-state index in [1.54, 1.807) is 12.3 Å². The molecule has 0 amide bonds. The Bertz CT molecular complexity index is 516. The van der Waals surface area contributed by atoms with Crippen LogP contribution in [0.15, 0.2) is 39.4 Å². The Kier molecular flexibility index (Phi) is 3.40. The number of halogens is 2. The summed E-state index contributed by atoms with van der Waals surface area (Å²) in [5.41, 5.74) is 6.41. The maximum atomic E-state index is 5.50. The lowest BCUT2D eigenvalue weighted by atomic mass is 10.3. The van der Waals surface area contributed by atoms with Crippen LogP contribution in [0, 0.1) is 0 Å². The van der Waals surface area contributed by atoms with Gasteiger partial charge in [0.15, 0.2) is 0 Å². The van der Waals surface area contributed by atoms with E-state index >= 15 is 0 Å². The summed E-state index contributed by atoms with van der Waals surface area (Å²) in [4.78, 5) is 7.89. The van der Waals surface area contributed by atoms with Crippen molar-refractivity contribution in [3.63, 3.8) is 0 Å². The summed E-state index contributed by atoms with van der Waals surface area (Å²) in [6, 6.07) is 7.59. The molecule has 3 N–H and O–H groups in total. The van der Waals surface area contributed by atoms with E-state index in [1.807, 2.05) is 18.2 Å². The van der Waals surface area contributed by atoms with Crippen LogP contribution in [-0.4, -0.2) is 9.97 Å². The van der Waals surface area contributed by atoms with Crippen LogP contribution >= 0.6 is 31.9 Å². The summed E-state index contributed by atoms with van der Waals surface area (Å²) in [6.07, 6.45) is 1.61. The van der Waals surface area contributed by atoms with Crippen molar-refractivity contribution >= 4 is 49.3 Å². The highest BCUT2D eigenvalue weighted by Crippen LogP contribution is 2.28. The highest BCUT2D eigenvalue weighted by molar-refractivity contribution is 9.11. The summed E-state index contributed by atoms with van der Waals surface area (Å²) in [5.74, 6) is 0.905. The number of nitrogen functional groups attached to an aromatic ring is 1. The van der Waals surface area contributed by atoms with Crippen molar-refractivity contribution in [3.8, 4) is 0 Å². The quantitative estimate of drug-likeness (QED) is 0.877. The second kappa shape index (κ2) is 4.80. The fourth-order valence-corrected chi connectivity index (χ4v) is 1.88. The molecule has 82 valence electrons. The molecule has 0 aliphatic heterocycles. The standard InChI is InChI=1S/C10H8Br2N4/c11-6-1-2-7(12)8(5-6)15-9-3-4-14-10(13)16-9/h1-5H,(H3,13,14,15,16). The largest absolute Gasteiger partial charge is 0.368 e. The van der Waals surface area contributed by atoms with Crippen molar-refractivity contribution in [2.24, 2.45) is 0 Å². The number of hydrogen-bond donors (Lipinski definition) is 2. The van der Waals surface area contributed by atoms with Crippen LogP contribution in [0.2, 0.25) is 0 Å². The minimum Gasteiger partial charge on any atom is -0.368 e. The summed E-state index contributed by atoms with van der Waals surface area (Å²) in [6.45, 7) is 0. The van der Waals surface area contributed by atoms with Gasteiger partial charge in [0.2, 0.25) is 5.95 Å². The average molecular weight is 344 g/mol. The van der Waals surface area contributed by atoms with Crippen LogP contribution < -0.4 is 11.1 Å². The first-order chi connectivity index (χ1) is 7.65. The Labute approximate surface area is 110 Å². The van der Waals surface area contributed by atoms with E-state index in [2.05, 4.69) is 47.1 Å². The second-order valence-corrected chi connectivity index (χ2v) is 4.82. The van der Waals surface area contributed by atoms with E-state index in [-0.39, 0.29) is 5.95 Å². The SMILES string of the molecule is Nc1nccc(Nc2cc(Br)ccc2Br)n1. The average Bonchev–Trinajstić information content (AvgIpc) is 2.24. The first kappa shape index (κ1) is 11.3. The number of nitrogens with zero attached hydrogens (tertiary/aromatic N) is 2. The molecule has 1 heterocycles. The summed E-state index contributed by atoms with van der Waals surface area (Å²) in [5, 5.41) is 3.15. The minimum absolute atomic E-state index is 0.246. The van der Waals surface area contributed by atoms with Crippen molar-refractivity contribution < 1.29 is 0 Å². The number of aromatic nitrogens is 2. The number of hydrogen-bond acceptors (Lipinski definition) is 4.